The fourth-order valence-corrected chi connectivity index (χ4v) is 3.48. The Labute approximate surface area is 109 Å². The normalized spacial score (nSPS) is 20.3. The largest absolute Gasteiger partial charge is 0.324 e. The van der Waals surface area contributed by atoms with Crippen molar-refractivity contribution in [1.82, 2.24) is 4.31 Å². The summed E-state index contributed by atoms with van der Waals surface area (Å²) < 4.78 is 23.2. The van der Waals surface area contributed by atoms with Crippen LogP contribution < -0.4 is 0 Å². The summed E-state index contributed by atoms with van der Waals surface area (Å²) in [6, 6.07) is 4.58. The third kappa shape index (κ3) is 2.27. The Morgan fingerprint density at radius 1 is 1.41 bits per heavy atom. The number of halogens is 2. The molecule has 1 fully saturated rings. The molecule has 1 aromatic rings. The Morgan fingerprint density at radius 3 is 2.53 bits per heavy atom. The van der Waals surface area contributed by atoms with Crippen LogP contribution in [0.4, 0.5) is 0 Å². The van der Waals surface area contributed by atoms with E-state index in [0.29, 0.717) is 9.33 Å². The molecule has 0 bridgehead atoms. The van der Waals surface area contributed by atoms with E-state index in [9.17, 15) is 13.2 Å². The first-order chi connectivity index (χ1) is 7.80. The smallest absolute Gasteiger partial charge is 0.274 e. The Hall–Kier alpha value is -0.780. The number of aryl methyl sites for hydroxylation is 1. The van der Waals surface area contributed by atoms with Crippen molar-refractivity contribution in [2.45, 2.75) is 19.4 Å². The zero-order chi connectivity index (χ0) is 12.8. The maximum Gasteiger partial charge on any atom is 0.324 e. The monoisotopic (exact) mass is 293 g/mol. The van der Waals surface area contributed by atoms with E-state index in [0.717, 1.165) is 11.1 Å². The standard InChI is InChI=1S/C10H9Cl2NO3S/c1-6-4-7(11)2-3-8(6)9-5-10(14)13(9)17(12,15)16/h2-4,9H,5H2,1H3. The lowest BCUT2D eigenvalue weighted by molar-refractivity contribution is -0.137. The number of hydrogen-bond acceptors (Lipinski definition) is 3. The summed E-state index contributed by atoms with van der Waals surface area (Å²) in [6.07, 6.45) is 0.147. The van der Waals surface area contributed by atoms with Crippen molar-refractivity contribution in [2.75, 3.05) is 0 Å². The Balaban J connectivity index is 2.39. The number of rotatable bonds is 2. The minimum absolute atomic E-state index is 0.147. The number of carbonyl (C=O) groups excluding carboxylic acids is 1. The van der Waals surface area contributed by atoms with Gasteiger partial charge < -0.3 is 0 Å². The average Bonchev–Trinajstić information content (AvgIpc) is 2.12. The van der Waals surface area contributed by atoms with Gasteiger partial charge in [-0.25, -0.2) is 4.31 Å². The van der Waals surface area contributed by atoms with Gasteiger partial charge in [0, 0.05) is 15.7 Å². The molecule has 1 saturated heterocycles. The van der Waals surface area contributed by atoms with E-state index < -0.39 is 21.2 Å². The van der Waals surface area contributed by atoms with Gasteiger partial charge in [0.05, 0.1) is 12.5 Å². The number of benzene rings is 1. The molecule has 1 aliphatic rings. The molecule has 17 heavy (non-hydrogen) atoms. The van der Waals surface area contributed by atoms with Crippen LogP contribution in [0.3, 0.4) is 0 Å². The summed E-state index contributed by atoms with van der Waals surface area (Å²) in [6.45, 7) is 1.81. The maximum absolute atomic E-state index is 11.3. The van der Waals surface area contributed by atoms with Crippen molar-refractivity contribution in [3.8, 4) is 0 Å². The maximum atomic E-state index is 11.3. The first-order valence-electron chi connectivity index (χ1n) is 4.83. The third-order valence-corrected chi connectivity index (χ3v) is 4.33. The van der Waals surface area contributed by atoms with E-state index in [1.807, 2.05) is 6.92 Å². The fraction of sp³-hybridized carbons (Fsp3) is 0.300. The van der Waals surface area contributed by atoms with E-state index in [2.05, 4.69) is 0 Å². The van der Waals surface area contributed by atoms with Crippen LogP contribution in [0, 0.1) is 6.92 Å². The molecule has 92 valence electrons. The first kappa shape index (κ1) is 12.7. The number of hydrogen-bond donors (Lipinski definition) is 0. The lowest BCUT2D eigenvalue weighted by Gasteiger charge is -2.38. The van der Waals surface area contributed by atoms with Crippen LogP contribution in [-0.2, 0) is 14.0 Å². The summed E-state index contributed by atoms with van der Waals surface area (Å²) in [7, 11) is 1.19. The van der Waals surface area contributed by atoms with Gasteiger partial charge in [-0.2, -0.15) is 8.42 Å². The number of amides is 1. The summed E-state index contributed by atoms with van der Waals surface area (Å²) in [5.74, 6) is -0.487. The third-order valence-electron chi connectivity index (χ3n) is 2.72. The molecule has 1 aliphatic heterocycles. The van der Waals surface area contributed by atoms with Gasteiger partial charge in [-0.15, -0.1) is 0 Å². The minimum Gasteiger partial charge on any atom is -0.274 e. The Kier molecular flexibility index (Phi) is 3.10. The van der Waals surface area contributed by atoms with Crippen LogP contribution in [0.25, 0.3) is 0 Å². The summed E-state index contributed by atoms with van der Waals surface area (Å²) in [5.41, 5.74) is 1.58. The first-order valence-corrected chi connectivity index (χ1v) is 7.48. The topological polar surface area (TPSA) is 54.5 Å². The van der Waals surface area contributed by atoms with Crippen LogP contribution in [0.1, 0.15) is 23.6 Å². The van der Waals surface area contributed by atoms with Gasteiger partial charge in [-0.1, -0.05) is 17.7 Å². The van der Waals surface area contributed by atoms with Crippen molar-refractivity contribution in [1.29, 1.82) is 0 Å². The zero-order valence-corrected chi connectivity index (χ0v) is 11.2. The van der Waals surface area contributed by atoms with Crippen LogP contribution in [0.5, 0.6) is 0 Å². The second kappa shape index (κ2) is 4.15. The highest BCUT2D eigenvalue weighted by molar-refractivity contribution is 8.12. The molecule has 7 heteroatoms. The van der Waals surface area contributed by atoms with Gasteiger partial charge in [0.25, 0.3) is 0 Å². The molecule has 1 atom stereocenters. The average molecular weight is 294 g/mol. The van der Waals surface area contributed by atoms with E-state index in [4.69, 9.17) is 22.3 Å². The van der Waals surface area contributed by atoms with E-state index >= 15 is 0 Å². The molecule has 1 unspecified atom stereocenters. The van der Waals surface area contributed by atoms with Gasteiger partial charge >= 0.3 is 9.24 Å². The van der Waals surface area contributed by atoms with Crippen molar-refractivity contribution < 1.29 is 13.2 Å². The molecule has 0 aliphatic carbocycles. The molecule has 0 spiro atoms. The quantitative estimate of drug-likeness (QED) is 0.621. The highest BCUT2D eigenvalue weighted by atomic mass is 35.7. The molecule has 1 amide bonds. The van der Waals surface area contributed by atoms with Gasteiger partial charge in [0.1, 0.15) is 0 Å². The van der Waals surface area contributed by atoms with Crippen molar-refractivity contribution in [3.05, 3.63) is 34.3 Å². The molecule has 0 radical (unpaired) electrons. The highest BCUT2D eigenvalue weighted by Gasteiger charge is 2.44. The lowest BCUT2D eigenvalue weighted by Crippen LogP contribution is -2.48. The van der Waals surface area contributed by atoms with Gasteiger partial charge in [-0.3, -0.25) is 4.79 Å². The molecule has 1 heterocycles. The molecule has 0 saturated carbocycles. The summed E-state index contributed by atoms with van der Waals surface area (Å²) in [4.78, 5) is 11.3. The molecular formula is C10H9Cl2NO3S. The zero-order valence-electron chi connectivity index (χ0n) is 8.85. The molecule has 4 nitrogen and oxygen atoms in total. The lowest BCUT2D eigenvalue weighted by atomic mass is 9.93. The van der Waals surface area contributed by atoms with Crippen molar-refractivity contribution in [3.63, 3.8) is 0 Å². The highest BCUT2D eigenvalue weighted by Crippen LogP contribution is 2.39. The molecule has 0 N–H and O–H groups in total. The van der Waals surface area contributed by atoms with Gasteiger partial charge in [0.2, 0.25) is 5.91 Å². The number of nitrogens with zero attached hydrogens (tertiary/aromatic N) is 1. The fourth-order valence-electron chi connectivity index (χ4n) is 1.92. The van der Waals surface area contributed by atoms with Crippen molar-refractivity contribution in [2.24, 2.45) is 0 Å². The van der Waals surface area contributed by atoms with Crippen LogP contribution in [0.2, 0.25) is 5.02 Å². The van der Waals surface area contributed by atoms with Gasteiger partial charge in [0.15, 0.2) is 0 Å². The number of carbonyl (C=O) groups is 1. The molecule has 0 aromatic heterocycles. The number of β-lactam (4-membered cyclic amide) rings is 1. The SMILES string of the molecule is Cc1cc(Cl)ccc1C1CC(=O)N1S(=O)(=O)Cl. The molecular weight excluding hydrogens is 285 g/mol. The summed E-state index contributed by atoms with van der Waals surface area (Å²) >= 11 is 5.81. The predicted octanol–water partition coefficient (Wildman–Crippen LogP) is 2.41. The second-order valence-corrected chi connectivity index (χ2v) is 6.68. The van der Waals surface area contributed by atoms with E-state index in [1.54, 1.807) is 18.2 Å². The van der Waals surface area contributed by atoms with E-state index in [-0.39, 0.29) is 6.42 Å². The molecule has 1 aromatic carbocycles. The van der Waals surface area contributed by atoms with Crippen LogP contribution >= 0.6 is 22.3 Å². The predicted molar refractivity (Wildman–Crippen MR) is 65.2 cm³/mol. The van der Waals surface area contributed by atoms with E-state index in [1.165, 1.54) is 0 Å². The minimum atomic E-state index is -4.02. The van der Waals surface area contributed by atoms with Gasteiger partial charge in [-0.05, 0) is 30.2 Å². The Morgan fingerprint density at radius 2 is 2.06 bits per heavy atom. The summed E-state index contributed by atoms with van der Waals surface area (Å²) in [5, 5.41) is 0.567. The van der Waals surface area contributed by atoms with Crippen LogP contribution in [-0.4, -0.2) is 18.6 Å². The van der Waals surface area contributed by atoms with Crippen LogP contribution in [0.15, 0.2) is 18.2 Å². The second-order valence-electron chi connectivity index (χ2n) is 3.85. The van der Waals surface area contributed by atoms with Crippen molar-refractivity contribution >= 4 is 37.4 Å². The molecule has 2 rings (SSSR count). The Bertz CT molecular complexity index is 585.